The van der Waals surface area contributed by atoms with E-state index in [-0.39, 0.29) is 6.42 Å². The molecule has 5 heteroatoms. The Bertz CT molecular complexity index is 673. The Morgan fingerprint density at radius 3 is 2.62 bits per heavy atom. The van der Waals surface area contributed by atoms with Crippen LogP contribution in [0.3, 0.4) is 0 Å². The lowest BCUT2D eigenvalue weighted by Gasteiger charge is -2.13. The Kier molecular flexibility index (Phi) is 5.26. The van der Waals surface area contributed by atoms with Gasteiger partial charge in [-0.2, -0.15) is 0 Å². The molecule has 0 saturated carbocycles. The molecule has 110 valence electrons. The van der Waals surface area contributed by atoms with Crippen molar-refractivity contribution in [3.05, 3.63) is 62.6 Å². The molecule has 0 amide bonds. The highest BCUT2D eigenvalue weighted by Gasteiger charge is 2.08. The van der Waals surface area contributed by atoms with E-state index in [1.54, 1.807) is 0 Å². The lowest BCUT2D eigenvalue weighted by molar-refractivity contribution is -0.136. The maximum Gasteiger partial charge on any atom is 0.307 e. The first-order chi connectivity index (χ1) is 9.97. The molecule has 0 aliphatic carbocycles. The van der Waals surface area contributed by atoms with Crippen molar-refractivity contribution >= 4 is 39.2 Å². The molecule has 0 bridgehead atoms. The van der Waals surface area contributed by atoms with Crippen molar-refractivity contribution in [2.45, 2.75) is 19.9 Å². The molecule has 0 heterocycles. The van der Waals surface area contributed by atoms with Crippen molar-refractivity contribution < 1.29 is 9.90 Å². The fraction of sp³-hybridized carbons (Fsp3) is 0.188. The summed E-state index contributed by atoms with van der Waals surface area (Å²) >= 11 is 9.63. The lowest BCUT2D eigenvalue weighted by Crippen LogP contribution is -2.07. The predicted octanol–water partition coefficient (Wildman–Crippen LogP) is 4.65. The molecular weight excluding hydrogens is 354 g/mol. The van der Waals surface area contributed by atoms with Gasteiger partial charge in [0.1, 0.15) is 0 Å². The van der Waals surface area contributed by atoms with Crippen molar-refractivity contribution in [2.24, 2.45) is 0 Å². The van der Waals surface area contributed by atoms with E-state index in [9.17, 15) is 4.79 Å². The number of benzene rings is 2. The summed E-state index contributed by atoms with van der Waals surface area (Å²) in [5.74, 6) is -0.831. The number of carboxylic acid groups (broad SMARTS) is 1. The van der Waals surface area contributed by atoms with Crippen LogP contribution in [-0.2, 0) is 17.8 Å². The Morgan fingerprint density at radius 1 is 1.29 bits per heavy atom. The smallest absolute Gasteiger partial charge is 0.307 e. The van der Waals surface area contributed by atoms with Gasteiger partial charge in [0.05, 0.1) is 12.1 Å². The summed E-state index contributed by atoms with van der Waals surface area (Å²) < 4.78 is 0.931. The van der Waals surface area contributed by atoms with Crippen molar-refractivity contribution in [3.63, 3.8) is 0 Å². The van der Waals surface area contributed by atoms with E-state index in [0.717, 1.165) is 26.9 Å². The highest BCUT2D eigenvalue weighted by atomic mass is 79.9. The van der Waals surface area contributed by atoms with Gasteiger partial charge in [0.2, 0.25) is 0 Å². The fourth-order valence-corrected chi connectivity index (χ4v) is 2.80. The molecule has 0 atom stereocenters. The first kappa shape index (κ1) is 15.9. The molecule has 0 aliphatic rings. The van der Waals surface area contributed by atoms with Gasteiger partial charge in [-0.05, 0) is 51.7 Å². The van der Waals surface area contributed by atoms with Crippen molar-refractivity contribution in [3.8, 4) is 0 Å². The molecule has 0 aliphatic heterocycles. The molecule has 2 rings (SSSR count). The summed E-state index contributed by atoms with van der Waals surface area (Å²) in [5.41, 5.74) is 3.66. The van der Waals surface area contributed by atoms with Gasteiger partial charge in [-0.1, -0.05) is 35.9 Å². The van der Waals surface area contributed by atoms with Crippen LogP contribution in [0.4, 0.5) is 5.69 Å². The van der Waals surface area contributed by atoms with Gasteiger partial charge in [0.25, 0.3) is 0 Å². The topological polar surface area (TPSA) is 49.3 Å². The fourth-order valence-electron chi connectivity index (χ4n) is 2.04. The molecule has 2 aromatic rings. The van der Waals surface area contributed by atoms with E-state index < -0.39 is 5.97 Å². The van der Waals surface area contributed by atoms with Crippen LogP contribution in [0.25, 0.3) is 0 Å². The molecule has 21 heavy (non-hydrogen) atoms. The van der Waals surface area contributed by atoms with Crippen LogP contribution in [0.15, 0.2) is 40.9 Å². The molecule has 0 aromatic heterocycles. The number of anilines is 1. The van der Waals surface area contributed by atoms with Crippen LogP contribution in [0.1, 0.15) is 16.7 Å². The first-order valence-corrected chi connectivity index (χ1v) is 7.62. The van der Waals surface area contributed by atoms with Gasteiger partial charge in [0, 0.05) is 16.0 Å². The Morgan fingerprint density at radius 2 is 1.95 bits per heavy atom. The molecule has 2 N–H and O–H groups in total. The highest BCUT2D eigenvalue weighted by Crippen LogP contribution is 2.29. The summed E-state index contributed by atoms with van der Waals surface area (Å²) in [4.78, 5) is 10.9. The molecule has 0 spiro atoms. The van der Waals surface area contributed by atoms with E-state index in [0.29, 0.717) is 11.6 Å². The predicted molar refractivity (Wildman–Crippen MR) is 89.0 cm³/mol. The average molecular weight is 369 g/mol. The lowest BCUT2D eigenvalue weighted by atomic mass is 10.0. The minimum Gasteiger partial charge on any atom is -0.481 e. The standard InChI is InChI=1S/C16H15BrClNO2/c1-10-6-13(17)15(8-14(10)18)19-9-12-5-3-2-4-11(12)7-16(20)21/h2-6,8,19H,7,9H2,1H3,(H,20,21). The number of aliphatic carboxylic acids is 1. The Hall–Kier alpha value is -1.52. The largest absolute Gasteiger partial charge is 0.481 e. The van der Waals surface area contributed by atoms with Crippen LogP contribution in [0, 0.1) is 6.92 Å². The number of halogens is 2. The third-order valence-electron chi connectivity index (χ3n) is 3.18. The zero-order chi connectivity index (χ0) is 15.4. The Labute approximate surface area is 137 Å². The van der Waals surface area contributed by atoms with Gasteiger partial charge in [-0.3, -0.25) is 4.79 Å². The molecule has 0 fully saturated rings. The number of nitrogens with one attached hydrogen (secondary N) is 1. The van der Waals surface area contributed by atoms with Crippen LogP contribution in [-0.4, -0.2) is 11.1 Å². The third-order valence-corrected chi connectivity index (χ3v) is 4.24. The molecule has 0 saturated heterocycles. The average Bonchev–Trinajstić information content (AvgIpc) is 2.42. The second kappa shape index (κ2) is 6.96. The summed E-state index contributed by atoms with van der Waals surface area (Å²) in [6.45, 7) is 2.49. The summed E-state index contributed by atoms with van der Waals surface area (Å²) in [5, 5.41) is 12.9. The number of carbonyl (C=O) groups is 1. The molecule has 0 radical (unpaired) electrons. The monoisotopic (exact) mass is 367 g/mol. The maximum absolute atomic E-state index is 10.9. The minimum absolute atomic E-state index is 0.0215. The van der Waals surface area contributed by atoms with Crippen molar-refractivity contribution in [2.75, 3.05) is 5.32 Å². The summed E-state index contributed by atoms with van der Waals surface area (Å²) in [6, 6.07) is 11.3. The molecule has 0 unspecified atom stereocenters. The van der Waals surface area contributed by atoms with E-state index in [2.05, 4.69) is 21.2 Å². The zero-order valence-corrected chi connectivity index (χ0v) is 13.8. The molecular formula is C16H15BrClNO2. The number of hydrogen-bond donors (Lipinski definition) is 2. The van der Waals surface area contributed by atoms with Crippen LogP contribution < -0.4 is 5.32 Å². The van der Waals surface area contributed by atoms with Crippen LogP contribution >= 0.6 is 27.5 Å². The second-order valence-electron chi connectivity index (χ2n) is 4.77. The summed E-state index contributed by atoms with van der Waals surface area (Å²) in [6.07, 6.45) is 0.0215. The van der Waals surface area contributed by atoms with Crippen LogP contribution in [0.5, 0.6) is 0 Å². The van der Waals surface area contributed by atoms with E-state index in [4.69, 9.17) is 16.7 Å². The van der Waals surface area contributed by atoms with E-state index in [1.807, 2.05) is 43.3 Å². The number of rotatable bonds is 5. The van der Waals surface area contributed by atoms with Crippen molar-refractivity contribution in [1.29, 1.82) is 0 Å². The molecule has 2 aromatic carbocycles. The third kappa shape index (κ3) is 4.22. The van der Waals surface area contributed by atoms with Gasteiger partial charge in [-0.15, -0.1) is 0 Å². The zero-order valence-electron chi connectivity index (χ0n) is 11.5. The van der Waals surface area contributed by atoms with Gasteiger partial charge >= 0.3 is 5.97 Å². The quantitative estimate of drug-likeness (QED) is 0.807. The maximum atomic E-state index is 10.9. The second-order valence-corrected chi connectivity index (χ2v) is 6.04. The van der Waals surface area contributed by atoms with Gasteiger partial charge < -0.3 is 10.4 Å². The number of hydrogen-bond acceptors (Lipinski definition) is 2. The van der Waals surface area contributed by atoms with E-state index >= 15 is 0 Å². The summed E-state index contributed by atoms with van der Waals surface area (Å²) in [7, 11) is 0. The number of carboxylic acids is 1. The SMILES string of the molecule is Cc1cc(Br)c(NCc2ccccc2CC(=O)O)cc1Cl. The van der Waals surface area contributed by atoms with Gasteiger partial charge in [0.15, 0.2) is 0 Å². The normalized spacial score (nSPS) is 10.4. The number of aryl methyl sites for hydroxylation is 1. The van der Waals surface area contributed by atoms with Gasteiger partial charge in [-0.25, -0.2) is 0 Å². The first-order valence-electron chi connectivity index (χ1n) is 6.45. The van der Waals surface area contributed by atoms with Crippen molar-refractivity contribution in [1.82, 2.24) is 0 Å². The Balaban J connectivity index is 2.17. The van der Waals surface area contributed by atoms with E-state index in [1.165, 1.54) is 0 Å². The highest BCUT2D eigenvalue weighted by molar-refractivity contribution is 9.10. The molecule has 3 nitrogen and oxygen atoms in total. The van der Waals surface area contributed by atoms with Crippen LogP contribution in [0.2, 0.25) is 5.02 Å². The minimum atomic E-state index is -0.831.